The zero-order chi connectivity index (χ0) is 38.6. The van der Waals surface area contributed by atoms with E-state index < -0.39 is 16.5 Å². The predicted octanol–water partition coefficient (Wildman–Crippen LogP) is 18.4. The number of hydrogen-bond donors (Lipinski definition) is 0. The van der Waals surface area contributed by atoms with E-state index >= 15 is 0 Å². The van der Waals surface area contributed by atoms with E-state index in [1.165, 1.54) is 77.0 Å². The summed E-state index contributed by atoms with van der Waals surface area (Å²) < 4.78 is 0. The van der Waals surface area contributed by atoms with Crippen LogP contribution in [0.15, 0.2) is 24.8 Å². The fraction of sp³-hybridized carbons (Fsp3) is 0.836. The van der Waals surface area contributed by atoms with E-state index in [1.54, 1.807) is 57.4 Å². The molecule has 2 nitrogen and oxygen atoms in total. The summed E-state index contributed by atoms with van der Waals surface area (Å²) in [4.78, 5) is 11.3. The Hall–Kier alpha value is 1.13. The summed E-state index contributed by atoms with van der Waals surface area (Å²) in [6.45, 7) is 26.4. The SMILES string of the molecule is C.C=C[CH-]/C=C/C.CC1C(C)C([Si](C)(C)[N-]C2CCCCC2)C2CC3CCCC3CC12.CC1C(C)C([Si](C)(C)[N-]C2CCCCC2)C2CC3CCCC3CC12.[CH3-].[CH3-].[CH3-].[CH3-].[Ti+3].[Ti+4]. The van der Waals surface area contributed by atoms with Crippen molar-refractivity contribution in [3.63, 3.8) is 0 Å². The molecule has 0 spiro atoms. The van der Waals surface area contributed by atoms with Gasteiger partial charge in [0.2, 0.25) is 0 Å². The van der Waals surface area contributed by atoms with Gasteiger partial charge in [-0.05, 0) is 96.7 Å². The first-order valence-electron chi connectivity index (χ1n) is 24.4. The van der Waals surface area contributed by atoms with E-state index in [1.807, 2.05) is 25.5 Å². The molecule has 0 aromatic rings. The third-order valence-corrected chi connectivity index (χ3v) is 25.6. The fourth-order valence-corrected chi connectivity index (χ4v) is 24.7. The van der Waals surface area contributed by atoms with Gasteiger partial charge in [-0.25, -0.2) is 0 Å². The first-order valence-corrected chi connectivity index (χ1v) is 30.4. The standard InChI is InChI=1S/2C22H40NSi.C6H9.CH4.4CH3.2Ti/c2*1-15-16(2)22(24(3,4)23-19-11-6-5-7-12-19)21-14-18-10-8-9-17(18)13-20(15)21;1-3-5-6-4-2;;;;;;;/h2*15-22H,5-14H2,1-4H3;3-6H,1H2,2H3;1H4;4*1H3;;/q3*-1;;4*-1;+3;+4/b;;6-4+;;;;;;;. The number of allylic oxidation sites excluding steroid dienone is 3. The molecule has 0 aliphatic heterocycles. The van der Waals surface area contributed by atoms with Crippen LogP contribution in [0, 0.1) is 107 Å². The van der Waals surface area contributed by atoms with Crippen LogP contribution in [0.25, 0.3) is 9.96 Å². The van der Waals surface area contributed by atoms with Crippen LogP contribution in [0.3, 0.4) is 0 Å². The molecule has 14 atom stereocenters. The number of hydrogen-bond acceptors (Lipinski definition) is 0. The molecule has 8 fully saturated rings. The van der Waals surface area contributed by atoms with Crippen LogP contribution >= 0.6 is 0 Å². The molecule has 0 heterocycles. The minimum Gasteiger partial charge on any atom is -0.662 e. The fourth-order valence-electron chi connectivity index (χ4n) is 15.9. The summed E-state index contributed by atoms with van der Waals surface area (Å²) >= 11 is 0. The topological polar surface area (TPSA) is 28.2 Å². The van der Waals surface area contributed by atoms with Crippen molar-refractivity contribution in [2.45, 2.75) is 220 Å². The molecule has 351 valence electrons. The molecule has 14 unspecified atom stereocenters. The van der Waals surface area contributed by atoms with Gasteiger partial charge in [-0.1, -0.05) is 199 Å². The Morgan fingerprint density at radius 3 is 1.08 bits per heavy atom. The van der Waals surface area contributed by atoms with Gasteiger partial charge < -0.3 is 39.7 Å². The van der Waals surface area contributed by atoms with Gasteiger partial charge in [0.15, 0.2) is 0 Å². The molecule has 0 aromatic carbocycles. The maximum atomic E-state index is 5.65. The Morgan fingerprint density at radius 1 is 0.492 bits per heavy atom. The summed E-state index contributed by atoms with van der Waals surface area (Å²) in [6.07, 6.45) is 37.3. The quantitative estimate of drug-likeness (QED) is 0.171. The van der Waals surface area contributed by atoms with E-state index in [9.17, 15) is 0 Å². The van der Waals surface area contributed by atoms with Crippen molar-refractivity contribution >= 4 is 16.5 Å². The van der Waals surface area contributed by atoms with E-state index in [0.717, 1.165) is 94.2 Å². The van der Waals surface area contributed by atoms with Crippen molar-refractivity contribution in [1.82, 2.24) is 0 Å². The van der Waals surface area contributed by atoms with Gasteiger partial charge in [0.1, 0.15) is 0 Å². The van der Waals surface area contributed by atoms with E-state index in [-0.39, 0.29) is 80.6 Å². The predicted molar refractivity (Wildman–Crippen MR) is 275 cm³/mol. The molecule has 61 heavy (non-hydrogen) atoms. The van der Waals surface area contributed by atoms with E-state index in [4.69, 9.17) is 9.96 Å². The zero-order valence-electron chi connectivity index (χ0n) is 42.3. The molecule has 8 aliphatic carbocycles. The molecule has 8 aliphatic rings. The monoisotopic (exact) mass is 946 g/mol. The number of rotatable bonds is 8. The van der Waals surface area contributed by atoms with Gasteiger partial charge in [0, 0.05) is 0 Å². The Kier molecular flexibility index (Phi) is 30.7. The van der Waals surface area contributed by atoms with Gasteiger partial charge >= 0.3 is 43.4 Å². The Bertz CT molecular complexity index is 1110. The second kappa shape index (κ2) is 29.1. The van der Waals surface area contributed by atoms with Crippen LogP contribution < -0.4 is 0 Å². The molecule has 6 heteroatoms. The Labute approximate surface area is 418 Å². The minimum atomic E-state index is -1.49. The first-order chi connectivity index (χ1) is 25.9. The van der Waals surface area contributed by atoms with Crippen LogP contribution in [-0.4, -0.2) is 28.6 Å². The molecule has 0 saturated heterocycles. The molecule has 1 radical (unpaired) electrons. The summed E-state index contributed by atoms with van der Waals surface area (Å²) in [5.41, 5.74) is 1.95. The van der Waals surface area contributed by atoms with Crippen molar-refractivity contribution in [3.05, 3.63) is 70.9 Å². The van der Waals surface area contributed by atoms with Crippen LogP contribution in [0.2, 0.25) is 37.3 Å². The van der Waals surface area contributed by atoms with Crippen molar-refractivity contribution in [2.24, 2.45) is 71.0 Å². The van der Waals surface area contributed by atoms with Crippen LogP contribution in [-0.2, 0) is 43.4 Å². The van der Waals surface area contributed by atoms with Gasteiger partial charge in [-0.15, -0.1) is 12.1 Å². The third kappa shape index (κ3) is 15.3. The summed E-state index contributed by atoms with van der Waals surface area (Å²) in [7, 11) is -2.98. The maximum Gasteiger partial charge on any atom is 4.00 e. The van der Waals surface area contributed by atoms with Gasteiger partial charge in [-0.2, -0.15) is 31.2 Å². The largest absolute Gasteiger partial charge is 4.00 e. The smallest absolute Gasteiger partial charge is 0.662 e. The van der Waals surface area contributed by atoms with Gasteiger partial charge in [0.05, 0.1) is 0 Å². The minimum absolute atomic E-state index is 0. The Morgan fingerprint density at radius 2 is 0.803 bits per heavy atom. The molecular weight excluding hydrogens is 841 g/mol. The van der Waals surface area contributed by atoms with Crippen molar-refractivity contribution in [1.29, 1.82) is 0 Å². The van der Waals surface area contributed by atoms with Crippen LogP contribution in [0.1, 0.15) is 170 Å². The average Bonchev–Trinajstić information content (AvgIpc) is 3.92. The van der Waals surface area contributed by atoms with Gasteiger partial charge in [0.25, 0.3) is 0 Å². The Balaban J connectivity index is 0. The molecule has 8 rings (SSSR count). The number of nitrogens with zero attached hydrogens (tertiary/aromatic N) is 2. The molecule has 0 bridgehead atoms. The second-order valence-electron chi connectivity index (χ2n) is 22.1. The third-order valence-electron chi connectivity index (χ3n) is 18.3. The molecular formula is C55H105N2Si2Ti2. The molecule has 0 aromatic heterocycles. The van der Waals surface area contributed by atoms with E-state index in [2.05, 4.69) is 60.5 Å². The average molecular weight is 946 g/mol. The normalized spacial score (nSPS) is 37.7. The summed E-state index contributed by atoms with van der Waals surface area (Å²) in [5, 5.41) is 0. The summed E-state index contributed by atoms with van der Waals surface area (Å²) in [5.74, 6) is 12.3. The zero-order valence-corrected chi connectivity index (χ0v) is 47.4. The molecule has 0 N–H and O–H groups in total. The van der Waals surface area contributed by atoms with Crippen molar-refractivity contribution < 1.29 is 43.4 Å². The van der Waals surface area contributed by atoms with Crippen molar-refractivity contribution in [2.75, 3.05) is 0 Å². The van der Waals surface area contributed by atoms with Crippen molar-refractivity contribution in [3.8, 4) is 0 Å². The summed E-state index contributed by atoms with van der Waals surface area (Å²) in [6, 6.07) is 1.45. The first kappa shape index (κ1) is 64.2. The molecule has 0 amide bonds. The van der Waals surface area contributed by atoms with Crippen LogP contribution in [0.5, 0.6) is 0 Å². The van der Waals surface area contributed by atoms with E-state index in [0.29, 0.717) is 0 Å². The second-order valence-corrected chi connectivity index (χ2v) is 30.6. The van der Waals surface area contributed by atoms with Crippen LogP contribution in [0.4, 0.5) is 0 Å². The van der Waals surface area contributed by atoms with Gasteiger partial charge in [-0.3, -0.25) is 0 Å². The molecule has 8 saturated carbocycles. The number of fused-ring (bicyclic) bond motifs is 4. The maximum absolute atomic E-state index is 5.65.